The number of carbonyl (C=O) groups is 1. The lowest BCUT2D eigenvalue weighted by molar-refractivity contribution is 0.0871. The highest BCUT2D eigenvalue weighted by Gasteiger charge is 2.22. The van der Waals surface area contributed by atoms with Crippen molar-refractivity contribution in [3.8, 4) is 0 Å². The zero-order chi connectivity index (χ0) is 19.4. The van der Waals surface area contributed by atoms with Gasteiger partial charge >= 0.3 is 0 Å². The van der Waals surface area contributed by atoms with Gasteiger partial charge in [0.2, 0.25) is 5.95 Å². The first-order valence-electron chi connectivity index (χ1n) is 9.29. The number of benzene rings is 1. The number of nitrogens with one attached hydrogen (secondary N) is 1. The Labute approximate surface area is 158 Å². The van der Waals surface area contributed by atoms with Gasteiger partial charge in [0.1, 0.15) is 0 Å². The van der Waals surface area contributed by atoms with Crippen molar-refractivity contribution in [2.45, 2.75) is 51.2 Å². The molecule has 0 radical (unpaired) electrons. The SMILES string of the molecule is CC(C)(CO)NC(=O)c1cccc2cnc(/N=C/C3CCC(O)CC3)nc12. The van der Waals surface area contributed by atoms with Gasteiger partial charge in [-0.2, -0.15) is 0 Å². The summed E-state index contributed by atoms with van der Waals surface area (Å²) in [7, 11) is 0. The molecule has 1 aliphatic rings. The molecule has 0 bridgehead atoms. The van der Waals surface area contributed by atoms with Gasteiger partial charge in [0.15, 0.2) is 0 Å². The molecule has 144 valence electrons. The van der Waals surface area contributed by atoms with Crippen molar-refractivity contribution in [1.29, 1.82) is 0 Å². The summed E-state index contributed by atoms with van der Waals surface area (Å²) in [6, 6.07) is 5.33. The minimum absolute atomic E-state index is 0.163. The average molecular weight is 370 g/mol. The fourth-order valence-corrected chi connectivity index (χ4v) is 3.13. The van der Waals surface area contributed by atoms with E-state index in [9.17, 15) is 15.0 Å². The Bertz CT molecular complexity index is 842. The minimum atomic E-state index is -0.723. The molecule has 1 amide bonds. The van der Waals surface area contributed by atoms with Crippen LogP contribution in [-0.4, -0.2) is 50.6 Å². The van der Waals surface area contributed by atoms with Crippen LogP contribution in [0.15, 0.2) is 29.4 Å². The maximum absolute atomic E-state index is 12.6. The zero-order valence-electron chi connectivity index (χ0n) is 15.7. The molecule has 7 nitrogen and oxygen atoms in total. The third kappa shape index (κ3) is 4.87. The standard InChI is InChI=1S/C20H26N4O3/c1-20(2,12-25)24-18(27)16-5-3-4-14-11-22-19(23-17(14)16)21-10-13-6-8-15(26)9-7-13/h3-5,10-11,13,15,25-26H,6-9,12H2,1-2H3,(H,24,27)/b21-10+. The van der Waals surface area contributed by atoms with Gasteiger partial charge in [0.25, 0.3) is 5.91 Å². The predicted molar refractivity (Wildman–Crippen MR) is 104 cm³/mol. The molecule has 0 atom stereocenters. The number of carbonyl (C=O) groups excluding carboxylic acids is 1. The van der Waals surface area contributed by atoms with E-state index in [0.717, 1.165) is 31.1 Å². The highest BCUT2D eigenvalue weighted by molar-refractivity contribution is 6.05. The Kier molecular flexibility index (Phi) is 5.82. The minimum Gasteiger partial charge on any atom is -0.394 e. The average Bonchev–Trinajstić information content (AvgIpc) is 2.66. The van der Waals surface area contributed by atoms with Gasteiger partial charge in [-0.1, -0.05) is 12.1 Å². The highest BCUT2D eigenvalue weighted by atomic mass is 16.3. The topological polar surface area (TPSA) is 108 Å². The lowest BCUT2D eigenvalue weighted by atomic mass is 9.88. The number of aromatic nitrogens is 2. The van der Waals surface area contributed by atoms with E-state index in [-0.39, 0.29) is 18.6 Å². The van der Waals surface area contributed by atoms with Crippen molar-refractivity contribution in [3.63, 3.8) is 0 Å². The molecule has 3 rings (SSSR count). The number of rotatable bonds is 5. The van der Waals surface area contributed by atoms with Crippen LogP contribution in [0.3, 0.4) is 0 Å². The number of para-hydroxylation sites is 1. The molecule has 1 aromatic carbocycles. The van der Waals surface area contributed by atoms with Gasteiger partial charge in [0, 0.05) is 17.8 Å². The van der Waals surface area contributed by atoms with Gasteiger partial charge in [-0.3, -0.25) is 4.79 Å². The summed E-state index contributed by atoms with van der Waals surface area (Å²) < 4.78 is 0. The molecule has 7 heteroatoms. The Hall–Kier alpha value is -2.38. The van der Waals surface area contributed by atoms with E-state index < -0.39 is 5.54 Å². The van der Waals surface area contributed by atoms with E-state index in [1.165, 1.54) is 0 Å². The van der Waals surface area contributed by atoms with Crippen LogP contribution in [0.4, 0.5) is 5.95 Å². The number of amides is 1. The zero-order valence-corrected chi connectivity index (χ0v) is 15.7. The van der Waals surface area contributed by atoms with Crippen LogP contribution < -0.4 is 5.32 Å². The first kappa shape index (κ1) is 19.4. The number of aliphatic imine (C=N–C) groups is 1. The largest absolute Gasteiger partial charge is 0.394 e. The number of fused-ring (bicyclic) bond motifs is 1. The van der Waals surface area contributed by atoms with Gasteiger partial charge < -0.3 is 15.5 Å². The number of hydrogen-bond donors (Lipinski definition) is 3. The fraction of sp³-hybridized carbons (Fsp3) is 0.500. The smallest absolute Gasteiger partial charge is 0.253 e. The first-order chi connectivity index (χ1) is 12.9. The van der Waals surface area contributed by atoms with Crippen molar-refractivity contribution in [2.24, 2.45) is 10.9 Å². The van der Waals surface area contributed by atoms with E-state index >= 15 is 0 Å². The summed E-state index contributed by atoms with van der Waals surface area (Å²) in [4.78, 5) is 25.8. The van der Waals surface area contributed by atoms with E-state index in [1.54, 1.807) is 32.2 Å². The van der Waals surface area contributed by atoms with Crippen molar-refractivity contribution in [3.05, 3.63) is 30.0 Å². The van der Waals surface area contributed by atoms with E-state index in [1.807, 2.05) is 12.3 Å². The third-order valence-electron chi connectivity index (χ3n) is 4.83. The Morgan fingerprint density at radius 1 is 1.33 bits per heavy atom. The van der Waals surface area contributed by atoms with Crippen molar-refractivity contribution >= 4 is 29.0 Å². The van der Waals surface area contributed by atoms with Crippen molar-refractivity contribution in [1.82, 2.24) is 15.3 Å². The fourth-order valence-electron chi connectivity index (χ4n) is 3.13. The number of aliphatic hydroxyl groups is 2. The molecule has 1 saturated carbocycles. The maximum Gasteiger partial charge on any atom is 0.253 e. The lowest BCUT2D eigenvalue weighted by Gasteiger charge is -2.23. The summed E-state index contributed by atoms with van der Waals surface area (Å²) in [5.41, 5.74) is 0.234. The molecule has 0 saturated heterocycles. The molecular formula is C20H26N4O3. The summed E-state index contributed by atoms with van der Waals surface area (Å²) in [5, 5.41) is 22.5. The second-order valence-corrected chi connectivity index (χ2v) is 7.76. The van der Waals surface area contributed by atoms with Crippen LogP contribution in [0.1, 0.15) is 49.9 Å². The molecule has 27 heavy (non-hydrogen) atoms. The van der Waals surface area contributed by atoms with Gasteiger partial charge in [0.05, 0.1) is 29.3 Å². The van der Waals surface area contributed by atoms with Crippen LogP contribution in [-0.2, 0) is 0 Å². The summed E-state index contributed by atoms with van der Waals surface area (Å²) in [6.07, 6.45) is 6.71. The second kappa shape index (κ2) is 8.10. The summed E-state index contributed by atoms with van der Waals surface area (Å²) >= 11 is 0. The molecule has 1 heterocycles. The van der Waals surface area contributed by atoms with E-state index in [4.69, 9.17) is 0 Å². The molecule has 0 spiro atoms. The first-order valence-corrected chi connectivity index (χ1v) is 9.29. The van der Waals surface area contributed by atoms with E-state index in [2.05, 4.69) is 20.3 Å². The quantitative estimate of drug-likeness (QED) is 0.701. The van der Waals surface area contributed by atoms with Crippen LogP contribution in [0.5, 0.6) is 0 Å². The highest BCUT2D eigenvalue weighted by Crippen LogP contribution is 2.24. The number of aliphatic hydroxyl groups excluding tert-OH is 2. The Morgan fingerprint density at radius 2 is 2.07 bits per heavy atom. The number of hydrogen-bond acceptors (Lipinski definition) is 6. The molecule has 1 aromatic heterocycles. The van der Waals surface area contributed by atoms with Crippen molar-refractivity contribution in [2.75, 3.05) is 6.61 Å². The number of nitrogens with zero attached hydrogens (tertiary/aromatic N) is 3. The summed E-state index contributed by atoms with van der Waals surface area (Å²) in [6.45, 7) is 3.34. The normalized spacial score (nSPS) is 20.9. The van der Waals surface area contributed by atoms with E-state index in [0.29, 0.717) is 22.9 Å². The van der Waals surface area contributed by atoms with Crippen LogP contribution >= 0.6 is 0 Å². The molecule has 1 fully saturated rings. The monoisotopic (exact) mass is 370 g/mol. The van der Waals surface area contributed by atoms with Crippen LogP contribution in [0.2, 0.25) is 0 Å². The van der Waals surface area contributed by atoms with Gasteiger partial charge in [-0.05, 0) is 51.5 Å². The molecule has 2 aromatic rings. The second-order valence-electron chi connectivity index (χ2n) is 7.76. The molecular weight excluding hydrogens is 344 g/mol. The Balaban J connectivity index is 1.84. The molecule has 0 unspecified atom stereocenters. The molecule has 3 N–H and O–H groups in total. The predicted octanol–water partition coefficient (Wildman–Crippen LogP) is 2.38. The maximum atomic E-state index is 12.6. The van der Waals surface area contributed by atoms with Gasteiger partial charge in [-0.15, -0.1) is 0 Å². The Morgan fingerprint density at radius 3 is 2.78 bits per heavy atom. The summed E-state index contributed by atoms with van der Waals surface area (Å²) in [5.74, 6) is 0.335. The van der Waals surface area contributed by atoms with Crippen molar-refractivity contribution < 1.29 is 15.0 Å². The lowest BCUT2D eigenvalue weighted by Crippen LogP contribution is -2.46. The third-order valence-corrected chi connectivity index (χ3v) is 4.83. The van der Waals surface area contributed by atoms with Gasteiger partial charge in [-0.25, -0.2) is 15.0 Å². The van der Waals surface area contributed by atoms with Crippen LogP contribution in [0.25, 0.3) is 10.9 Å². The molecule has 0 aliphatic heterocycles. The molecule has 1 aliphatic carbocycles. The van der Waals surface area contributed by atoms with Crippen LogP contribution in [0, 0.1) is 5.92 Å².